The summed E-state index contributed by atoms with van der Waals surface area (Å²) in [5.74, 6) is 2.84. The summed E-state index contributed by atoms with van der Waals surface area (Å²) in [6.45, 7) is 10.0. The average Bonchev–Trinajstić information content (AvgIpc) is 2.92. The Hall–Kier alpha value is -0.340. The van der Waals surface area contributed by atoms with Crippen LogP contribution in [0.3, 0.4) is 0 Å². The molecule has 2 heteroatoms. The van der Waals surface area contributed by atoms with Crippen molar-refractivity contribution in [3.63, 3.8) is 0 Å². The standard InChI is InChI=1S/C14H24N2/c1-2-15-5-7-16(8-6-15)11-14-10-12-3-4-13(14)9-12/h3-4,12-14H,2,5-11H2,1H3/t12-,13+,14+/m1/s1. The van der Waals surface area contributed by atoms with Crippen molar-refractivity contribution < 1.29 is 0 Å². The molecule has 0 amide bonds. The van der Waals surface area contributed by atoms with Gasteiger partial charge in [0.1, 0.15) is 0 Å². The van der Waals surface area contributed by atoms with E-state index in [0.717, 1.165) is 17.8 Å². The smallest absolute Gasteiger partial charge is 0.0110 e. The Kier molecular flexibility index (Phi) is 3.03. The number of likely N-dealkylation sites (N-methyl/N-ethyl adjacent to an activating group) is 1. The van der Waals surface area contributed by atoms with Crippen LogP contribution in [0.15, 0.2) is 12.2 Å². The van der Waals surface area contributed by atoms with Crippen LogP contribution in [0.1, 0.15) is 19.8 Å². The van der Waals surface area contributed by atoms with E-state index in [-0.39, 0.29) is 0 Å². The van der Waals surface area contributed by atoms with Crippen LogP contribution in [0.25, 0.3) is 0 Å². The fourth-order valence-electron chi connectivity index (χ4n) is 3.72. The first-order valence-corrected chi connectivity index (χ1v) is 6.98. The normalized spacial score (nSPS) is 39.7. The molecule has 1 heterocycles. The van der Waals surface area contributed by atoms with E-state index in [9.17, 15) is 0 Å². The summed E-state index contributed by atoms with van der Waals surface area (Å²) in [4.78, 5) is 5.27. The van der Waals surface area contributed by atoms with Gasteiger partial charge in [-0.25, -0.2) is 0 Å². The van der Waals surface area contributed by atoms with Gasteiger partial charge in [0.25, 0.3) is 0 Å². The number of hydrogen-bond donors (Lipinski definition) is 0. The molecule has 1 aliphatic heterocycles. The van der Waals surface area contributed by atoms with E-state index in [0.29, 0.717) is 0 Å². The van der Waals surface area contributed by atoms with Gasteiger partial charge in [0, 0.05) is 32.7 Å². The lowest BCUT2D eigenvalue weighted by molar-refractivity contribution is 0.117. The second kappa shape index (κ2) is 4.50. The van der Waals surface area contributed by atoms with E-state index in [2.05, 4.69) is 28.9 Å². The summed E-state index contributed by atoms with van der Waals surface area (Å²) in [7, 11) is 0. The monoisotopic (exact) mass is 220 g/mol. The Morgan fingerprint density at radius 2 is 1.75 bits per heavy atom. The summed E-state index contributed by atoms with van der Waals surface area (Å²) in [6, 6.07) is 0. The first kappa shape index (κ1) is 10.8. The van der Waals surface area contributed by atoms with E-state index in [1.807, 2.05) is 0 Å². The number of allylic oxidation sites excluding steroid dienone is 2. The fraction of sp³-hybridized carbons (Fsp3) is 0.857. The number of fused-ring (bicyclic) bond motifs is 2. The van der Waals surface area contributed by atoms with Crippen LogP contribution >= 0.6 is 0 Å². The summed E-state index contributed by atoms with van der Waals surface area (Å²) in [6.07, 6.45) is 7.87. The molecule has 16 heavy (non-hydrogen) atoms. The molecule has 0 unspecified atom stereocenters. The number of hydrogen-bond acceptors (Lipinski definition) is 2. The Balaban J connectivity index is 1.48. The van der Waals surface area contributed by atoms with Crippen molar-refractivity contribution in [1.82, 2.24) is 9.80 Å². The lowest BCUT2D eigenvalue weighted by atomic mass is 9.93. The molecular formula is C14H24N2. The van der Waals surface area contributed by atoms with Crippen molar-refractivity contribution in [2.24, 2.45) is 17.8 Å². The highest BCUT2D eigenvalue weighted by Crippen LogP contribution is 2.43. The Morgan fingerprint density at radius 1 is 1.00 bits per heavy atom. The molecule has 0 spiro atoms. The minimum Gasteiger partial charge on any atom is -0.301 e. The molecule has 3 atom stereocenters. The molecule has 2 bridgehead atoms. The van der Waals surface area contributed by atoms with Gasteiger partial charge in [0.05, 0.1) is 0 Å². The summed E-state index contributed by atoms with van der Waals surface area (Å²) in [5, 5.41) is 0. The summed E-state index contributed by atoms with van der Waals surface area (Å²) in [5.41, 5.74) is 0. The van der Waals surface area contributed by atoms with Gasteiger partial charge in [-0.2, -0.15) is 0 Å². The van der Waals surface area contributed by atoms with Crippen LogP contribution in [0.5, 0.6) is 0 Å². The maximum absolute atomic E-state index is 2.70. The highest BCUT2D eigenvalue weighted by Gasteiger charge is 2.36. The van der Waals surface area contributed by atoms with Crippen molar-refractivity contribution >= 4 is 0 Å². The van der Waals surface area contributed by atoms with Crippen LogP contribution < -0.4 is 0 Å². The zero-order chi connectivity index (χ0) is 11.0. The average molecular weight is 220 g/mol. The lowest BCUT2D eigenvalue weighted by Gasteiger charge is -2.36. The molecule has 2 nitrogen and oxygen atoms in total. The van der Waals surface area contributed by atoms with Gasteiger partial charge in [0.2, 0.25) is 0 Å². The molecule has 90 valence electrons. The zero-order valence-electron chi connectivity index (χ0n) is 10.4. The number of rotatable bonds is 3. The Bertz CT molecular complexity index is 266. The van der Waals surface area contributed by atoms with Crippen LogP contribution in [0.4, 0.5) is 0 Å². The second-order valence-electron chi connectivity index (χ2n) is 5.78. The van der Waals surface area contributed by atoms with E-state index in [4.69, 9.17) is 0 Å². The van der Waals surface area contributed by atoms with Gasteiger partial charge in [-0.3, -0.25) is 0 Å². The molecule has 1 saturated carbocycles. The highest BCUT2D eigenvalue weighted by molar-refractivity contribution is 5.10. The molecule has 0 aromatic rings. The van der Waals surface area contributed by atoms with Crippen molar-refractivity contribution in [2.45, 2.75) is 19.8 Å². The van der Waals surface area contributed by atoms with Gasteiger partial charge in [-0.1, -0.05) is 19.1 Å². The number of piperazine rings is 1. The molecule has 2 aliphatic carbocycles. The number of nitrogens with zero attached hydrogens (tertiary/aromatic N) is 2. The molecule has 0 radical (unpaired) electrons. The van der Waals surface area contributed by atoms with Gasteiger partial charge in [-0.15, -0.1) is 0 Å². The fourth-order valence-corrected chi connectivity index (χ4v) is 3.72. The molecule has 3 rings (SSSR count). The maximum atomic E-state index is 2.70. The largest absolute Gasteiger partial charge is 0.301 e. The van der Waals surface area contributed by atoms with E-state index >= 15 is 0 Å². The molecule has 0 aromatic heterocycles. The SMILES string of the molecule is CCN1CCN(C[C@@H]2C[C@@H]3C=C[C@H]2C3)CC1. The van der Waals surface area contributed by atoms with E-state index in [1.165, 1.54) is 52.1 Å². The van der Waals surface area contributed by atoms with E-state index in [1.54, 1.807) is 0 Å². The van der Waals surface area contributed by atoms with Crippen molar-refractivity contribution in [3.05, 3.63) is 12.2 Å². The van der Waals surface area contributed by atoms with Crippen LogP contribution in [-0.4, -0.2) is 49.1 Å². The molecular weight excluding hydrogens is 196 g/mol. The van der Waals surface area contributed by atoms with Crippen LogP contribution in [0.2, 0.25) is 0 Å². The van der Waals surface area contributed by atoms with Crippen molar-refractivity contribution in [2.75, 3.05) is 39.3 Å². The van der Waals surface area contributed by atoms with Crippen LogP contribution in [-0.2, 0) is 0 Å². The van der Waals surface area contributed by atoms with E-state index < -0.39 is 0 Å². The Labute approximate surface area is 99.3 Å². The topological polar surface area (TPSA) is 6.48 Å². The quantitative estimate of drug-likeness (QED) is 0.670. The highest BCUT2D eigenvalue weighted by atomic mass is 15.3. The second-order valence-corrected chi connectivity index (χ2v) is 5.78. The van der Waals surface area contributed by atoms with Crippen molar-refractivity contribution in [3.8, 4) is 0 Å². The third kappa shape index (κ3) is 2.05. The third-order valence-corrected chi connectivity index (χ3v) is 4.82. The molecule has 3 aliphatic rings. The first-order chi connectivity index (χ1) is 7.85. The summed E-state index contributed by atoms with van der Waals surface area (Å²) >= 11 is 0. The van der Waals surface area contributed by atoms with Crippen LogP contribution in [0, 0.1) is 17.8 Å². The molecule has 0 aromatic carbocycles. The molecule has 2 fully saturated rings. The lowest BCUT2D eigenvalue weighted by Crippen LogP contribution is -2.47. The van der Waals surface area contributed by atoms with Gasteiger partial charge >= 0.3 is 0 Å². The van der Waals surface area contributed by atoms with Crippen molar-refractivity contribution in [1.29, 1.82) is 0 Å². The molecule has 0 N–H and O–H groups in total. The summed E-state index contributed by atoms with van der Waals surface area (Å²) < 4.78 is 0. The third-order valence-electron chi connectivity index (χ3n) is 4.82. The first-order valence-electron chi connectivity index (χ1n) is 6.98. The maximum Gasteiger partial charge on any atom is 0.0110 e. The minimum absolute atomic E-state index is 0.925. The predicted octanol–water partition coefficient (Wildman–Crippen LogP) is 1.84. The van der Waals surface area contributed by atoms with Gasteiger partial charge in [0.15, 0.2) is 0 Å². The van der Waals surface area contributed by atoms with Gasteiger partial charge in [-0.05, 0) is 37.1 Å². The van der Waals surface area contributed by atoms with Gasteiger partial charge < -0.3 is 9.80 Å². The minimum atomic E-state index is 0.925. The predicted molar refractivity (Wildman–Crippen MR) is 67.4 cm³/mol. The molecule has 1 saturated heterocycles. The Morgan fingerprint density at radius 3 is 2.31 bits per heavy atom. The zero-order valence-corrected chi connectivity index (χ0v) is 10.4.